The first-order valence-electron chi connectivity index (χ1n) is 8.62. The maximum atomic E-state index is 13.1. The second-order valence-electron chi connectivity index (χ2n) is 6.39. The van der Waals surface area contributed by atoms with E-state index < -0.39 is 0 Å². The highest BCUT2D eigenvalue weighted by Crippen LogP contribution is 2.18. The predicted molar refractivity (Wildman–Crippen MR) is 89.2 cm³/mol. The summed E-state index contributed by atoms with van der Waals surface area (Å²) < 4.78 is 13.1. The van der Waals surface area contributed by atoms with Crippen molar-refractivity contribution < 1.29 is 4.39 Å². The Bertz CT molecular complexity index is 486. The molecule has 0 saturated carbocycles. The first-order valence-corrected chi connectivity index (χ1v) is 8.62. The van der Waals surface area contributed by atoms with Gasteiger partial charge in [0.2, 0.25) is 0 Å². The zero-order valence-corrected chi connectivity index (χ0v) is 13.3. The zero-order chi connectivity index (χ0) is 15.2. The quantitative estimate of drug-likeness (QED) is 0.624. The first-order chi connectivity index (χ1) is 10.8. The Kier molecular flexibility index (Phi) is 5.43. The van der Waals surface area contributed by atoms with E-state index in [0.717, 1.165) is 31.2 Å². The van der Waals surface area contributed by atoms with E-state index in [4.69, 9.17) is 4.99 Å². The number of likely N-dealkylation sites (tertiary alicyclic amines) is 2. The van der Waals surface area contributed by atoms with Gasteiger partial charge in [0.25, 0.3) is 0 Å². The van der Waals surface area contributed by atoms with Crippen LogP contribution in [0.1, 0.15) is 38.5 Å². The number of aliphatic imine (C=N–C) groups is 1. The van der Waals surface area contributed by atoms with Crippen molar-refractivity contribution in [2.75, 3.05) is 32.7 Å². The monoisotopic (exact) mass is 303 g/mol. The molecule has 4 heteroatoms. The molecule has 2 saturated heterocycles. The molecule has 2 fully saturated rings. The summed E-state index contributed by atoms with van der Waals surface area (Å²) in [6, 6.07) is 6.53. The van der Waals surface area contributed by atoms with Crippen molar-refractivity contribution in [3.8, 4) is 0 Å². The van der Waals surface area contributed by atoms with Crippen molar-refractivity contribution in [2.24, 2.45) is 4.99 Å². The summed E-state index contributed by atoms with van der Waals surface area (Å²) in [7, 11) is 0. The Hall–Kier alpha value is -1.42. The number of rotatable bonds is 3. The lowest BCUT2D eigenvalue weighted by molar-refractivity contribution is 0.243. The SMILES string of the molecule is Fc1ccc(N=C(CN2CCCCC2)N2CCCCC2)cc1. The van der Waals surface area contributed by atoms with Crippen LogP contribution in [0.2, 0.25) is 0 Å². The molecule has 0 aromatic heterocycles. The highest BCUT2D eigenvalue weighted by atomic mass is 19.1. The van der Waals surface area contributed by atoms with Gasteiger partial charge in [0.1, 0.15) is 11.7 Å². The summed E-state index contributed by atoms with van der Waals surface area (Å²) in [6.07, 6.45) is 7.77. The van der Waals surface area contributed by atoms with Crippen LogP contribution in [0.25, 0.3) is 0 Å². The van der Waals surface area contributed by atoms with Gasteiger partial charge in [-0.15, -0.1) is 0 Å². The van der Waals surface area contributed by atoms with Gasteiger partial charge in [-0.25, -0.2) is 9.38 Å². The maximum Gasteiger partial charge on any atom is 0.123 e. The van der Waals surface area contributed by atoms with Crippen molar-refractivity contribution in [3.63, 3.8) is 0 Å². The molecule has 1 aromatic carbocycles. The summed E-state index contributed by atoms with van der Waals surface area (Å²) in [4.78, 5) is 9.80. The van der Waals surface area contributed by atoms with Crippen LogP contribution in [0, 0.1) is 5.82 Å². The average molecular weight is 303 g/mol. The molecule has 2 heterocycles. The molecule has 0 N–H and O–H groups in total. The van der Waals surface area contributed by atoms with Gasteiger partial charge in [-0.2, -0.15) is 0 Å². The van der Waals surface area contributed by atoms with Gasteiger partial charge in [-0.1, -0.05) is 6.42 Å². The van der Waals surface area contributed by atoms with Gasteiger partial charge in [-0.05, 0) is 69.5 Å². The molecule has 0 unspecified atom stereocenters. The van der Waals surface area contributed by atoms with Crippen LogP contribution in [-0.4, -0.2) is 48.4 Å². The fourth-order valence-corrected chi connectivity index (χ4v) is 3.34. The van der Waals surface area contributed by atoms with E-state index >= 15 is 0 Å². The number of hydrogen-bond acceptors (Lipinski definition) is 2. The van der Waals surface area contributed by atoms with Crippen LogP contribution < -0.4 is 0 Å². The smallest absolute Gasteiger partial charge is 0.123 e. The Balaban J connectivity index is 1.76. The van der Waals surface area contributed by atoms with Crippen molar-refractivity contribution in [3.05, 3.63) is 30.1 Å². The van der Waals surface area contributed by atoms with E-state index in [0.29, 0.717) is 0 Å². The molecular weight excluding hydrogens is 277 g/mol. The number of piperidine rings is 2. The highest BCUT2D eigenvalue weighted by Gasteiger charge is 2.19. The number of hydrogen-bond donors (Lipinski definition) is 0. The fourth-order valence-electron chi connectivity index (χ4n) is 3.34. The third kappa shape index (κ3) is 4.29. The van der Waals surface area contributed by atoms with Gasteiger partial charge < -0.3 is 4.90 Å². The zero-order valence-electron chi connectivity index (χ0n) is 13.3. The Labute approximate surface area is 132 Å². The maximum absolute atomic E-state index is 13.1. The van der Waals surface area contributed by atoms with Gasteiger partial charge in [0, 0.05) is 13.1 Å². The van der Waals surface area contributed by atoms with Gasteiger partial charge >= 0.3 is 0 Å². The average Bonchev–Trinajstić information content (AvgIpc) is 2.58. The van der Waals surface area contributed by atoms with Crippen LogP contribution in [0.5, 0.6) is 0 Å². The lowest BCUT2D eigenvalue weighted by Crippen LogP contribution is -2.44. The van der Waals surface area contributed by atoms with E-state index in [1.54, 1.807) is 12.1 Å². The molecule has 0 spiro atoms. The van der Waals surface area contributed by atoms with E-state index in [9.17, 15) is 4.39 Å². The molecule has 120 valence electrons. The summed E-state index contributed by atoms with van der Waals surface area (Å²) in [5.74, 6) is 0.961. The number of halogens is 1. The van der Waals surface area contributed by atoms with Crippen LogP contribution in [0.15, 0.2) is 29.3 Å². The van der Waals surface area contributed by atoms with Gasteiger partial charge in [-0.3, -0.25) is 4.90 Å². The van der Waals surface area contributed by atoms with E-state index in [1.165, 1.54) is 63.7 Å². The van der Waals surface area contributed by atoms with Gasteiger partial charge in [0.05, 0.1) is 12.2 Å². The predicted octanol–water partition coefficient (Wildman–Crippen LogP) is 3.83. The molecule has 0 amide bonds. The normalized spacial score (nSPS) is 21.1. The van der Waals surface area contributed by atoms with Crippen molar-refractivity contribution >= 4 is 11.5 Å². The van der Waals surface area contributed by atoms with Crippen molar-refractivity contribution in [2.45, 2.75) is 38.5 Å². The fraction of sp³-hybridized carbons (Fsp3) is 0.611. The number of nitrogens with zero attached hydrogens (tertiary/aromatic N) is 3. The summed E-state index contributed by atoms with van der Waals surface area (Å²) >= 11 is 0. The van der Waals surface area contributed by atoms with E-state index in [1.807, 2.05) is 0 Å². The third-order valence-corrected chi connectivity index (χ3v) is 4.62. The molecule has 3 nitrogen and oxygen atoms in total. The highest BCUT2D eigenvalue weighted by molar-refractivity contribution is 5.86. The molecule has 1 aromatic rings. The Morgan fingerprint density at radius 3 is 2.09 bits per heavy atom. The Morgan fingerprint density at radius 1 is 0.864 bits per heavy atom. The molecule has 3 rings (SSSR count). The minimum Gasteiger partial charge on any atom is -0.359 e. The van der Waals surface area contributed by atoms with Crippen LogP contribution in [0.4, 0.5) is 10.1 Å². The van der Waals surface area contributed by atoms with Crippen molar-refractivity contribution in [1.29, 1.82) is 0 Å². The summed E-state index contributed by atoms with van der Waals surface area (Å²) in [5.41, 5.74) is 0.860. The second-order valence-corrected chi connectivity index (χ2v) is 6.39. The topological polar surface area (TPSA) is 18.8 Å². The minimum absolute atomic E-state index is 0.200. The molecule has 0 atom stereocenters. The number of amidine groups is 1. The lowest BCUT2D eigenvalue weighted by atomic mass is 10.1. The summed E-state index contributed by atoms with van der Waals surface area (Å²) in [6.45, 7) is 5.49. The number of benzene rings is 1. The minimum atomic E-state index is -0.200. The van der Waals surface area contributed by atoms with Crippen LogP contribution in [-0.2, 0) is 0 Å². The second kappa shape index (κ2) is 7.73. The molecule has 22 heavy (non-hydrogen) atoms. The van der Waals surface area contributed by atoms with E-state index in [-0.39, 0.29) is 5.82 Å². The molecular formula is C18H26FN3. The molecule has 0 radical (unpaired) electrons. The van der Waals surface area contributed by atoms with Crippen LogP contribution >= 0.6 is 0 Å². The molecule has 2 aliphatic rings. The molecule has 0 aliphatic carbocycles. The third-order valence-electron chi connectivity index (χ3n) is 4.62. The first kappa shape index (κ1) is 15.5. The van der Waals surface area contributed by atoms with Crippen LogP contribution in [0.3, 0.4) is 0 Å². The summed E-state index contributed by atoms with van der Waals surface area (Å²) in [5, 5.41) is 0. The lowest BCUT2D eigenvalue weighted by Gasteiger charge is -2.34. The van der Waals surface area contributed by atoms with Gasteiger partial charge in [0.15, 0.2) is 0 Å². The standard InChI is InChI=1S/C18H26FN3/c19-16-7-9-17(10-8-16)20-18(22-13-5-2-6-14-22)15-21-11-3-1-4-12-21/h7-10H,1-6,11-15H2. The van der Waals surface area contributed by atoms with E-state index in [2.05, 4.69) is 9.80 Å². The largest absolute Gasteiger partial charge is 0.359 e. The molecule has 0 bridgehead atoms. The van der Waals surface area contributed by atoms with Crippen molar-refractivity contribution in [1.82, 2.24) is 9.80 Å². The molecule has 2 aliphatic heterocycles. The Morgan fingerprint density at radius 2 is 1.45 bits per heavy atom.